The molecule has 0 unspecified atom stereocenters. The van der Waals surface area contributed by atoms with Crippen LogP contribution in [0.5, 0.6) is 0 Å². The quantitative estimate of drug-likeness (QED) is 0.715. The summed E-state index contributed by atoms with van der Waals surface area (Å²) in [5.41, 5.74) is 3.63. The summed E-state index contributed by atoms with van der Waals surface area (Å²) in [5.74, 6) is -0.673. The van der Waals surface area contributed by atoms with Gasteiger partial charge in [-0.15, -0.1) is 0 Å². The highest BCUT2D eigenvalue weighted by atomic mass is 16.2. The van der Waals surface area contributed by atoms with Crippen LogP contribution in [0.1, 0.15) is 35.6 Å². The van der Waals surface area contributed by atoms with Gasteiger partial charge in [0.2, 0.25) is 5.91 Å². The fourth-order valence-electron chi connectivity index (χ4n) is 2.94. The lowest BCUT2D eigenvalue weighted by Crippen LogP contribution is -2.37. The topological polar surface area (TPSA) is 87.3 Å². The summed E-state index contributed by atoms with van der Waals surface area (Å²) in [5, 5.41) is 7.49. The van der Waals surface area contributed by atoms with Gasteiger partial charge in [-0.2, -0.15) is 0 Å². The maximum Gasteiger partial charge on any atom is 0.322 e. The summed E-state index contributed by atoms with van der Waals surface area (Å²) in [6.07, 6.45) is 1.78. The van der Waals surface area contributed by atoms with Crippen molar-refractivity contribution in [1.29, 1.82) is 0 Å². The highest BCUT2D eigenvalue weighted by molar-refractivity contribution is 6.05. The molecule has 0 bridgehead atoms. The van der Waals surface area contributed by atoms with Gasteiger partial charge in [-0.05, 0) is 30.9 Å². The number of amides is 4. The molecule has 1 aliphatic heterocycles. The van der Waals surface area contributed by atoms with Crippen molar-refractivity contribution >= 4 is 17.8 Å². The molecular weight excluding hydrogens is 270 g/mol. The van der Waals surface area contributed by atoms with E-state index in [1.165, 1.54) is 11.1 Å². The minimum absolute atomic E-state index is 0.00624. The molecule has 1 heterocycles. The summed E-state index contributed by atoms with van der Waals surface area (Å²) in [7, 11) is 0. The van der Waals surface area contributed by atoms with E-state index in [9.17, 15) is 14.4 Å². The Balaban J connectivity index is 1.62. The second-order valence-electron chi connectivity index (χ2n) is 5.58. The third kappa shape index (κ3) is 2.74. The van der Waals surface area contributed by atoms with Crippen molar-refractivity contribution in [2.24, 2.45) is 0 Å². The van der Waals surface area contributed by atoms with Gasteiger partial charge in [0.15, 0.2) is 0 Å². The number of hydrogen-bond acceptors (Lipinski definition) is 3. The van der Waals surface area contributed by atoms with Crippen molar-refractivity contribution < 1.29 is 14.4 Å². The van der Waals surface area contributed by atoms with Crippen molar-refractivity contribution in [3.8, 4) is 0 Å². The second kappa shape index (κ2) is 5.20. The molecule has 3 N–H and O–H groups in total. The van der Waals surface area contributed by atoms with Gasteiger partial charge in [0.05, 0.1) is 12.5 Å². The van der Waals surface area contributed by atoms with E-state index in [4.69, 9.17) is 0 Å². The third-order valence-corrected chi connectivity index (χ3v) is 3.96. The monoisotopic (exact) mass is 287 g/mol. The first-order valence-corrected chi connectivity index (χ1v) is 7.03. The first-order chi connectivity index (χ1) is 10.0. The molecule has 6 nitrogen and oxygen atoms in total. The summed E-state index contributed by atoms with van der Waals surface area (Å²) in [6.45, 7) is 2.05. The minimum atomic E-state index is -0.767. The van der Waals surface area contributed by atoms with Gasteiger partial charge < -0.3 is 10.6 Å². The lowest BCUT2D eigenvalue weighted by atomic mass is 10.1. The maximum atomic E-state index is 12.0. The van der Waals surface area contributed by atoms with Gasteiger partial charge in [0, 0.05) is 0 Å². The van der Waals surface area contributed by atoms with Gasteiger partial charge in [-0.3, -0.25) is 14.9 Å². The van der Waals surface area contributed by atoms with Crippen molar-refractivity contribution in [1.82, 2.24) is 16.0 Å². The average molecular weight is 287 g/mol. The number of fused-ring (bicyclic) bond motifs is 1. The van der Waals surface area contributed by atoms with Crippen LogP contribution in [0.3, 0.4) is 0 Å². The number of benzene rings is 1. The molecule has 4 amide bonds. The number of nitrogens with one attached hydrogen (secondary N) is 3. The zero-order chi connectivity index (χ0) is 15.0. The van der Waals surface area contributed by atoms with Crippen LogP contribution in [0.25, 0.3) is 0 Å². The van der Waals surface area contributed by atoms with Crippen LogP contribution in [0.2, 0.25) is 0 Å². The second-order valence-corrected chi connectivity index (χ2v) is 5.58. The molecule has 3 rings (SSSR count). The summed E-state index contributed by atoms with van der Waals surface area (Å²) >= 11 is 0. The van der Waals surface area contributed by atoms with Gasteiger partial charge in [-0.1, -0.05) is 23.8 Å². The van der Waals surface area contributed by atoms with Crippen molar-refractivity contribution in [3.05, 3.63) is 34.9 Å². The lowest BCUT2D eigenvalue weighted by Gasteiger charge is -2.15. The van der Waals surface area contributed by atoms with Gasteiger partial charge in [-0.25, -0.2) is 4.79 Å². The third-order valence-electron chi connectivity index (χ3n) is 3.96. The van der Waals surface area contributed by atoms with Crippen LogP contribution in [0, 0.1) is 6.92 Å². The molecule has 0 radical (unpaired) electrons. The smallest absolute Gasteiger partial charge is 0.322 e. The molecule has 110 valence electrons. The molecule has 2 aliphatic rings. The standard InChI is InChI=1S/C15H17N3O3/c1-8-2-4-10-9(6-8)3-5-11(10)16-13(19)7-12-14(20)18-15(21)17-12/h2,4,6,11-12H,3,5,7H2,1H3,(H,16,19)(H2,17,18,20,21)/t11-,12+/m0/s1. The zero-order valence-corrected chi connectivity index (χ0v) is 11.7. The first kappa shape index (κ1) is 13.6. The molecule has 21 heavy (non-hydrogen) atoms. The van der Waals surface area contributed by atoms with E-state index in [2.05, 4.69) is 22.0 Å². The molecule has 0 spiro atoms. The Morgan fingerprint density at radius 1 is 1.38 bits per heavy atom. The molecule has 1 aliphatic carbocycles. The van der Waals surface area contributed by atoms with Crippen molar-refractivity contribution in [2.75, 3.05) is 0 Å². The Labute approximate surface area is 122 Å². The molecule has 1 saturated heterocycles. The first-order valence-electron chi connectivity index (χ1n) is 7.03. The number of carbonyl (C=O) groups is 3. The van der Waals surface area contributed by atoms with Crippen LogP contribution < -0.4 is 16.0 Å². The molecule has 0 aromatic heterocycles. The van der Waals surface area contributed by atoms with Gasteiger partial charge in [0.1, 0.15) is 6.04 Å². The van der Waals surface area contributed by atoms with E-state index >= 15 is 0 Å². The summed E-state index contributed by atoms with van der Waals surface area (Å²) in [4.78, 5) is 34.5. The number of hydrogen-bond donors (Lipinski definition) is 3. The Bertz CT molecular complexity index is 627. The Morgan fingerprint density at radius 2 is 2.19 bits per heavy atom. The predicted octanol–water partition coefficient (Wildman–Crippen LogP) is 0.697. The van der Waals surface area contributed by atoms with Crippen LogP contribution in [-0.4, -0.2) is 23.9 Å². The van der Waals surface area contributed by atoms with E-state index < -0.39 is 18.0 Å². The molecule has 2 atom stereocenters. The number of urea groups is 1. The lowest BCUT2D eigenvalue weighted by molar-refractivity contribution is -0.126. The highest BCUT2D eigenvalue weighted by Gasteiger charge is 2.32. The molecule has 0 saturated carbocycles. The highest BCUT2D eigenvalue weighted by Crippen LogP contribution is 2.31. The molecule has 1 fully saturated rings. The Kier molecular flexibility index (Phi) is 3.37. The minimum Gasteiger partial charge on any atom is -0.349 e. The summed E-state index contributed by atoms with van der Waals surface area (Å²) in [6, 6.07) is 4.91. The molecule has 6 heteroatoms. The van der Waals surface area contributed by atoms with Crippen molar-refractivity contribution in [2.45, 2.75) is 38.3 Å². The van der Waals surface area contributed by atoms with E-state index in [1.807, 2.05) is 19.1 Å². The fraction of sp³-hybridized carbons (Fsp3) is 0.400. The van der Waals surface area contributed by atoms with Crippen LogP contribution in [0.4, 0.5) is 4.79 Å². The number of aryl methyl sites for hydroxylation is 2. The normalized spacial score (nSPS) is 23.5. The Morgan fingerprint density at radius 3 is 2.90 bits per heavy atom. The SMILES string of the molecule is Cc1ccc2c(c1)CC[C@@H]2NC(=O)C[C@H]1NC(=O)NC1=O. The molecule has 1 aromatic carbocycles. The fourth-order valence-corrected chi connectivity index (χ4v) is 2.94. The number of carbonyl (C=O) groups excluding carboxylic acids is 3. The summed E-state index contributed by atoms with van der Waals surface area (Å²) < 4.78 is 0. The number of imide groups is 1. The molecular formula is C15H17N3O3. The van der Waals surface area contributed by atoms with Crippen molar-refractivity contribution in [3.63, 3.8) is 0 Å². The number of rotatable bonds is 3. The Hall–Kier alpha value is -2.37. The zero-order valence-electron chi connectivity index (χ0n) is 11.7. The van der Waals surface area contributed by atoms with E-state index in [-0.39, 0.29) is 18.4 Å². The van der Waals surface area contributed by atoms with Crippen LogP contribution >= 0.6 is 0 Å². The van der Waals surface area contributed by atoms with E-state index in [0.717, 1.165) is 18.4 Å². The average Bonchev–Trinajstić information content (AvgIpc) is 2.93. The molecule has 1 aromatic rings. The van der Waals surface area contributed by atoms with Gasteiger partial charge >= 0.3 is 6.03 Å². The maximum absolute atomic E-state index is 12.0. The van der Waals surface area contributed by atoms with Crippen LogP contribution in [0.15, 0.2) is 18.2 Å². The van der Waals surface area contributed by atoms with E-state index in [1.54, 1.807) is 0 Å². The van der Waals surface area contributed by atoms with Gasteiger partial charge in [0.25, 0.3) is 5.91 Å². The largest absolute Gasteiger partial charge is 0.349 e. The van der Waals surface area contributed by atoms with Crippen LogP contribution in [-0.2, 0) is 16.0 Å². The predicted molar refractivity (Wildman–Crippen MR) is 75.5 cm³/mol. The van der Waals surface area contributed by atoms with E-state index in [0.29, 0.717) is 0 Å².